The van der Waals surface area contributed by atoms with Crippen LogP contribution < -0.4 is 10.6 Å². The molecule has 114 valence electrons. The minimum absolute atomic E-state index is 0.0925. The molecule has 0 aliphatic carbocycles. The van der Waals surface area contributed by atoms with Gasteiger partial charge in [-0.05, 0) is 37.1 Å². The van der Waals surface area contributed by atoms with E-state index in [1.165, 1.54) is 12.1 Å². The fourth-order valence-electron chi connectivity index (χ4n) is 1.78. The molecule has 3 N–H and O–H groups in total. The molecule has 0 bridgehead atoms. The van der Waals surface area contributed by atoms with Gasteiger partial charge >= 0.3 is 5.97 Å². The first kappa shape index (κ1) is 16.7. The Balaban J connectivity index is 2.50. The van der Waals surface area contributed by atoms with Crippen molar-refractivity contribution in [2.24, 2.45) is 0 Å². The highest BCUT2D eigenvalue weighted by molar-refractivity contribution is 5.94. The van der Waals surface area contributed by atoms with E-state index in [4.69, 9.17) is 5.11 Å². The summed E-state index contributed by atoms with van der Waals surface area (Å²) in [6, 6.07) is 4.57. The summed E-state index contributed by atoms with van der Waals surface area (Å²) >= 11 is 0. The van der Waals surface area contributed by atoms with Crippen LogP contribution in [0.25, 0.3) is 0 Å². The zero-order chi connectivity index (χ0) is 15.8. The van der Waals surface area contributed by atoms with Crippen LogP contribution in [0.2, 0.25) is 0 Å². The third-order valence-corrected chi connectivity index (χ3v) is 2.89. The largest absolute Gasteiger partial charge is 0.478 e. The first-order chi connectivity index (χ1) is 9.93. The van der Waals surface area contributed by atoms with Gasteiger partial charge in [0, 0.05) is 25.1 Å². The van der Waals surface area contributed by atoms with E-state index in [1.54, 1.807) is 13.0 Å². The molecule has 6 heteroatoms. The molecule has 6 nitrogen and oxygen atoms in total. The molecule has 0 fully saturated rings. The molecule has 1 rings (SSSR count). The summed E-state index contributed by atoms with van der Waals surface area (Å²) < 4.78 is 0. The second kappa shape index (κ2) is 8.04. The van der Waals surface area contributed by atoms with Gasteiger partial charge in [0.25, 0.3) is 0 Å². The fourth-order valence-corrected chi connectivity index (χ4v) is 1.78. The van der Waals surface area contributed by atoms with Gasteiger partial charge in [0.15, 0.2) is 0 Å². The van der Waals surface area contributed by atoms with Gasteiger partial charge in [-0.3, -0.25) is 9.59 Å². The van der Waals surface area contributed by atoms with Crippen LogP contribution in [0.5, 0.6) is 0 Å². The molecular weight excluding hydrogens is 272 g/mol. The lowest BCUT2D eigenvalue weighted by molar-refractivity contribution is -0.124. The summed E-state index contributed by atoms with van der Waals surface area (Å²) in [6.45, 7) is 4.23. The number of carbonyl (C=O) groups is 3. The number of aromatic carboxylic acids is 1. The van der Waals surface area contributed by atoms with Crippen molar-refractivity contribution in [2.75, 3.05) is 11.9 Å². The number of rotatable bonds is 7. The Morgan fingerprint density at radius 1 is 1.14 bits per heavy atom. The lowest BCUT2D eigenvalue weighted by Gasteiger charge is -2.08. The third-order valence-electron chi connectivity index (χ3n) is 2.89. The Bertz CT molecular complexity index is 540. The second-order valence-corrected chi connectivity index (χ2v) is 4.73. The van der Waals surface area contributed by atoms with Crippen LogP contribution in [0.15, 0.2) is 18.2 Å². The van der Waals surface area contributed by atoms with Crippen LogP contribution in [0.1, 0.15) is 42.1 Å². The van der Waals surface area contributed by atoms with E-state index in [-0.39, 0.29) is 30.2 Å². The molecule has 0 unspecified atom stereocenters. The highest BCUT2D eigenvalue weighted by atomic mass is 16.4. The highest BCUT2D eigenvalue weighted by Crippen LogP contribution is 2.15. The molecule has 0 aliphatic heterocycles. The number of nitrogens with one attached hydrogen (secondary N) is 2. The molecule has 21 heavy (non-hydrogen) atoms. The summed E-state index contributed by atoms with van der Waals surface area (Å²) in [5.74, 6) is -1.42. The van der Waals surface area contributed by atoms with Crippen molar-refractivity contribution < 1.29 is 19.5 Å². The zero-order valence-corrected chi connectivity index (χ0v) is 12.2. The average molecular weight is 292 g/mol. The maximum absolute atomic E-state index is 11.7. The Labute approximate surface area is 123 Å². The zero-order valence-electron chi connectivity index (χ0n) is 12.2. The number of carbonyl (C=O) groups excluding carboxylic acids is 2. The lowest BCUT2D eigenvalue weighted by atomic mass is 10.1. The summed E-state index contributed by atoms with van der Waals surface area (Å²) in [6.07, 6.45) is 1.08. The number of anilines is 1. The van der Waals surface area contributed by atoms with E-state index in [9.17, 15) is 14.4 Å². The molecule has 0 saturated carbocycles. The van der Waals surface area contributed by atoms with Gasteiger partial charge in [-0.1, -0.05) is 6.92 Å². The van der Waals surface area contributed by atoms with Gasteiger partial charge in [0.1, 0.15) is 0 Å². The fraction of sp³-hybridized carbons (Fsp3) is 0.400. The molecule has 0 heterocycles. The number of benzene rings is 1. The first-order valence-electron chi connectivity index (χ1n) is 6.84. The standard InChI is InChI=1S/C15H20N2O4/c1-3-8-16-13(18)6-7-14(19)17-11-4-5-12(15(20)21)10(2)9-11/h4-5,9H,3,6-8H2,1-2H3,(H,16,18)(H,17,19)(H,20,21). The van der Waals surface area contributed by atoms with Gasteiger partial charge < -0.3 is 15.7 Å². The Morgan fingerprint density at radius 3 is 2.38 bits per heavy atom. The predicted octanol–water partition coefficient (Wildman–Crippen LogP) is 1.94. The molecule has 1 aromatic carbocycles. The Hall–Kier alpha value is -2.37. The summed E-state index contributed by atoms with van der Waals surface area (Å²) in [7, 11) is 0. The van der Waals surface area contributed by atoms with E-state index in [0.717, 1.165) is 6.42 Å². The summed E-state index contributed by atoms with van der Waals surface area (Å²) in [4.78, 5) is 34.0. The Morgan fingerprint density at radius 2 is 1.81 bits per heavy atom. The normalized spacial score (nSPS) is 10.0. The number of carboxylic acids is 1. The van der Waals surface area contributed by atoms with Crippen molar-refractivity contribution in [1.82, 2.24) is 5.32 Å². The minimum atomic E-state index is -1.00. The molecule has 0 atom stereocenters. The van der Waals surface area contributed by atoms with Crippen LogP contribution >= 0.6 is 0 Å². The molecule has 1 aromatic rings. The topological polar surface area (TPSA) is 95.5 Å². The van der Waals surface area contributed by atoms with Crippen LogP contribution in [0, 0.1) is 6.92 Å². The number of hydrogen-bond donors (Lipinski definition) is 3. The second-order valence-electron chi connectivity index (χ2n) is 4.73. The van der Waals surface area contributed by atoms with E-state index in [0.29, 0.717) is 17.8 Å². The molecule has 0 aromatic heterocycles. The van der Waals surface area contributed by atoms with Crippen LogP contribution in [0.4, 0.5) is 5.69 Å². The van der Waals surface area contributed by atoms with E-state index in [1.807, 2.05) is 6.92 Å². The van der Waals surface area contributed by atoms with E-state index >= 15 is 0 Å². The van der Waals surface area contributed by atoms with Crippen molar-refractivity contribution in [3.8, 4) is 0 Å². The maximum atomic E-state index is 11.7. The van der Waals surface area contributed by atoms with Crippen LogP contribution in [-0.4, -0.2) is 29.4 Å². The van der Waals surface area contributed by atoms with Crippen molar-refractivity contribution in [3.05, 3.63) is 29.3 Å². The molecule has 0 saturated heterocycles. The molecule has 2 amide bonds. The third kappa shape index (κ3) is 5.64. The quantitative estimate of drug-likeness (QED) is 0.715. The number of hydrogen-bond acceptors (Lipinski definition) is 3. The number of aryl methyl sites for hydroxylation is 1. The molecular formula is C15H20N2O4. The van der Waals surface area contributed by atoms with E-state index < -0.39 is 5.97 Å². The predicted molar refractivity (Wildman–Crippen MR) is 79.3 cm³/mol. The smallest absolute Gasteiger partial charge is 0.335 e. The van der Waals surface area contributed by atoms with Gasteiger partial charge in [-0.2, -0.15) is 0 Å². The molecule has 0 aliphatic rings. The van der Waals surface area contributed by atoms with Gasteiger partial charge in [0.2, 0.25) is 11.8 Å². The van der Waals surface area contributed by atoms with Crippen LogP contribution in [0.3, 0.4) is 0 Å². The number of amides is 2. The van der Waals surface area contributed by atoms with Crippen molar-refractivity contribution in [2.45, 2.75) is 33.1 Å². The minimum Gasteiger partial charge on any atom is -0.478 e. The summed E-state index contributed by atoms with van der Waals surface area (Å²) in [5, 5.41) is 14.3. The SMILES string of the molecule is CCCNC(=O)CCC(=O)Nc1ccc(C(=O)O)c(C)c1. The first-order valence-corrected chi connectivity index (χ1v) is 6.84. The average Bonchev–Trinajstić information content (AvgIpc) is 2.42. The highest BCUT2D eigenvalue weighted by Gasteiger charge is 2.10. The molecule has 0 spiro atoms. The van der Waals surface area contributed by atoms with Crippen molar-refractivity contribution in [1.29, 1.82) is 0 Å². The van der Waals surface area contributed by atoms with Gasteiger partial charge in [-0.15, -0.1) is 0 Å². The van der Waals surface area contributed by atoms with E-state index in [2.05, 4.69) is 10.6 Å². The number of carboxylic acid groups (broad SMARTS) is 1. The van der Waals surface area contributed by atoms with Crippen LogP contribution in [-0.2, 0) is 9.59 Å². The molecule has 0 radical (unpaired) electrons. The van der Waals surface area contributed by atoms with Gasteiger partial charge in [0.05, 0.1) is 5.56 Å². The van der Waals surface area contributed by atoms with Gasteiger partial charge in [-0.25, -0.2) is 4.79 Å². The maximum Gasteiger partial charge on any atom is 0.335 e. The summed E-state index contributed by atoms with van der Waals surface area (Å²) in [5.41, 5.74) is 1.30. The lowest BCUT2D eigenvalue weighted by Crippen LogP contribution is -2.25. The monoisotopic (exact) mass is 292 g/mol. The Kier molecular flexibility index (Phi) is 6.39. The van der Waals surface area contributed by atoms with Crippen molar-refractivity contribution in [3.63, 3.8) is 0 Å². The van der Waals surface area contributed by atoms with Crippen molar-refractivity contribution >= 4 is 23.5 Å².